The fraction of sp³-hybridized carbons (Fsp3) is 0.333. The van der Waals surface area contributed by atoms with Crippen molar-refractivity contribution >= 4 is 22.9 Å². The molecular weight excluding hydrogens is 256 g/mol. The van der Waals surface area contributed by atoms with Gasteiger partial charge in [-0.05, 0) is 38.5 Å². The first-order chi connectivity index (χ1) is 9.26. The maximum absolute atomic E-state index is 11.8. The van der Waals surface area contributed by atoms with Crippen molar-refractivity contribution in [3.05, 3.63) is 36.0 Å². The fourth-order valence-electron chi connectivity index (χ4n) is 2.02. The minimum atomic E-state index is -0.547. The Morgan fingerprint density at radius 1 is 1.25 bits per heavy atom. The fourth-order valence-corrected chi connectivity index (χ4v) is 2.02. The molecule has 1 heterocycles. The molecule has 5 nitrogen and oxygen atoms in total. The van der Waals surface area contributed by atoms with Crippen LogP contribution in [0.25, 0.3) is 10.9 Å². The van der Waals surface area contributed by atoms with E-state index in [1.54, 1.807) is 18.3 Å². The number of nitrogens with two attached hydrogens (primary N) is 1. The van der Waals surface area contributed by atoms with Gasteiger partial charge in [0.25, 0.3) is 0 Å². The van der Waals surface area contributed by atoms with E-state index in [9.17, 15) is 9.59 Å². The van der Waals surface area contributed by atoms with Crippen LogP contribution < -0.4 is 5.73 Å². The number of carbonyl (C=O) groups is 2. The highest BCUT2D eigenvalue weighted by Gasteiger charge is 2.17. The maximum Gasteiger partial charge on any atom is 0.323 e. The third kappa shape index (κ3) is 3.17. The van der Waals surface area contributed by atoms with Gasteiger partial charge in [0.1, 0.15) is 5.60 Å². The number of fused-ring (bicyclic) bond motifs is 1. The van der Waals surface area contributed by atoms with Gasteiger partial charge in [0.2, 0.25) is 0 Å². The lowest BCUT2D eigenvalue weighted by molar-refractivity contribution is -0.153. The van der Waals surface area contributed by atoms with Crippen LogP contribution in [0.3, 0.4) is 0 Å². The number of aromatic nitrogens is 1. The van der Waals surface area contributed by atoms with E-state index in [4.69, 9.17) is 10.5 Å². The highest BCUT2D eigenvalue weighted by Crippen LogP contribution is 2.18. The molecule has 0 atom stereocenters. The number of esters is 1. The van der Waals surface area contributed by atoms with Crippen LogP contribution in [0, 0.1) is 0 Å². The Labute approximate surface area is 117 Å². The molecule has 0 saturated heterocycles. The van der Waals surface area contributed by atoms with Crippen LogP contribution in [0.4, 0.5) is 4.79 Å². The second kappa shape index (κ2) is 5.00. The quantitative estimate of drug-likeness (QED) is 0.855. The second-order valence-electron chi connectivity index (χ2n) is 5.68. The van der Waals surface area contributed by atoms with Gasteiger partial charge in [-0.1, -0.05) is 12.1 Å². The summed E-state index contributed by atoms with van der Waals surface area (Å²) >= 11 is 0. The van der Waals surface area contributed by atoms with E-state index in [1.165, 1.54) is 4.57 Å². The van der Waals surface area contributed by atoms with Crippen molar-refractivity contribution < 1.29 is 14.3 Å². The molecule has 0 spiro atoms. The van der Waals surface area contributed by atoms with Crippen LogP contribution in [0.5, 0.6) is 0 Å². The van der Waals surface area contributed by atoms with Gasteiger partial charge in [-0.2, -0.15) is 0 Å². The number of hydrogen-bond donors (Lipinski definition) is 1. The van der Waals surface area contributed by atoms with Gasteiger partial charge in [-0.25, -0.2) is 4.79 Å². The SMILES string of the molecule is CC(C)(C)OC(=O)Cc1ccc2ccn(C(N)=O)c2c1. The van der Waals surface area contributed by atoms with Gasteiger partial charge in [0.05, 0.1) is 11.9 Å². The first kappa shape index (κ1) is 14.1. The summed E-state index contributed by atoms with van der Waals surface area (Å²) in [6.07, 6.45) is 1.78. The van der Waals surface area contributed by atoms with Crippen molar-refractivity contribution in [2.75, 3.05) is 0 Å². The summed E-state index contributed by atoms with van der Waals surface area (Å²) in [7, 11) is 0. The lowest BCUT2D eigenvalue weighted by Crippen LogP contribution is -2.24. The largest absolute Gasteiger partial charge is 0.460 e. The summed E-state index contributed by atoms with van der Waals surface area (Å²) in [5, 5.41) is 0.900. The molecule has 2 rings (SSSR count). The minimum Gasteiger partial charge on any atom is -0.460 e. The number of hydrogen-bond acceptors (Lipinski definition) is 3. The Kier molecular flexibility index (Phi) is 3.53. The van der Waals surface area contributed by atoms with E-state index in [1.807, 2.05) is 32.9 Å². The molecule has 0 aliphatic heterocycles. The molecule has 1 aromatic heterocycles. The summed E-state index contributed by atoms with van der Waals surface area (Å²) in [6, 6.07) is 6.74. The van der Waals surface area contributed by atoms with E-state index in [0.717, 1.165) is 10.9 Å². The van der Waals surface area contributed by atoms with Gasteiger partial charge in [0, 0.05) is 11.6 Å². The van der Waals surface area contributed by atoms with Gasteiger partial charge in [-0.15, -0.1) is 0 Å². The van der Waals surface area contributed by atoms with Crippen molar-refractivity contribution in [1.82, 2.24) is 4.57 Å². The normalized spacial score (nSPS) is 11.6. The summed E-state index contributed by atoms with van der Waals surface area (Å²) in [6.45, 7) is 5.48. The topological polar surface area (TPSA) is 74.3 Å². The Bertz CT molecular complexity index is 665. The first-order valence-electron chi connectivity index (χ1n) is 6.38. The number of ether oxygens (including phenoxy) is 1. The molecule has 106 valence electrons. The molecule has 0 aliphatic rings. The third-order valence-electron chi connectivity index (χ3n) is 2.76. The van der Waals surface area contributed by atoms with E-state index in [0.29, 0.717) is 5.52 Å². The summed E-state index contributed by atoms with van der Waals surface area (Å²) < 4.78 is 6.63. The molecule has 2 N–H and O–H groups in total. The molecule has 20 heavy (non-hydrogen) atoms. The van der Waals surface area contributed by atoms with E-state index < -0.39 is 11.6 Å². The maximum atomic E-state index is 11.8. The highest BCUT2D eigenvalue weighted by atomic mass is 16.6. The minimum absolute atomic E-state index is 0.164. The zero-order chi connectivity index (χ0) is 14.9. The zero-order valence-corrected chi connectivity index (χ0v) is 11.8. The predicted octanol–water partition coefficient (Wildman–Crippen LogP) is 2.45. The van der Waals surface area contributed by atoms with Crippen molar-refractivity contribution in [3.63, 3.8) is 0 Å². The molecule has 2 aromatic rings. The number of nitrogens with zero attached hydrogens (tertiary/aromatic N) is 1. The van der Waals surface area contributed by atoms with Gasteiger partial charge >= 0.3 is 12.0 Å². The smallest absolute Gasteiger partial charge is 0.323 e. The second-order valence-corrected chi connectivity index (χ2v) is 5.68. The standard InChI is InChI=1S/C15H18N2O3/c1-15(2,3)20-13(18)9-10-4-5-11-6-7-17(14(16)19)12(11)8-10/h4-8H,9H2,1-3H3,(H2,16,19). The van der Waals surface area contributed by atoms with E-state index >= 15 is 0 Å². The molecule has 1 amide bonds. The number of primary amides is 1. The third-order valence-corrected chi connectivity index (χ3v) is 2.76. The van der Waals surface area contributed by atoms with Crippen LogP contribution >= 0.6 is 0 Å². The van der Waals surface area contributed by atoms with Gasteiger partial charge in [-0.3, -0.25) is 9.36 Å². The summed E-state index contributed by atoms with van der Waals surface area (Å²) in [5.41, 5.74) is 6.26. The monoisotopic (exact) mass is 274 g/mol. The van der Waals surface area contributed by atoms with Gasteiger partial charge in [0.15, 0.2) is 0 Å². The van der Waals surface area contributed by atoms with Crippen molar-refractivity contribution in [2.45, 2.75) is 32.8 Å². The molecular formula is C15H18N2O3. The lowest BCUT2D eigenvalue weighted by atomic mass is 10.1. The average Bonchev–Trinajstić information content (AvgIpc) is 2.69. The Hall–Kier alpha value is -2.30. The number of benzene rings is 1. The Morgan fingerprint density at radius 2 is 1.95 bits per heavy atom. The molecule has 0 radical (unpaired) electrons. The van der Waals surface area contributed by atoms with E-state index in [2.05, 4.69) is 0 Å². The Morgan fingerprint density at radius 3 is 2.55 bits per heavy atom. The van der Waals surface area contributed by atoms with Gasteiger partial charge < -0.3 is 10.5 Å². The number of amides is 1. The van der Waals surface area contributed by atoms with Crippen molar-refractivity contribution in [2.24, 2.45) is 5.73 Å². The molecule has 1 aromatic carbocycles. The average molecular weight is 274 g/mol. The lowest BCUT2D eigenvalue weighted by Gasteiger charge is -2.19. The number of rotatable bonds is 2. The van der Waals surface area contributed by atoms with Crippen LogP contribution in [-0.4, -0.2) is 22.2 Å². The molecule has 0 fully saturated rings. The van der Waals surface area contributed by atoms with Crippen molar-refractivity contribution in [1.29, 1.82) is 0 Å². The molecule has 0 unspecified atom stereocenters. The van der Waals surface area contributed by atoms with Crippen LogP contribution in [0.15, 0.2) is 30.5 Å². The van der Waals surface area contributed by atoms with Crippen LogP contribution in [-0.2, 0) is 16.0 Å². The van der Waals surface area contributed by atoms with Crippen molar-refractivity contribution in [3.8, 4) is 0 Å². The highest BCUT2D eigenvalue weighted by molar-refractivity contribution is 5.91. The summed E-state index contributed by atoms with van der Waals surface area (Å²) in [4.78, 5) is 23.1. The van der Waals surface area contributed by atoms with Crippen LogP contribution in [0.1, 0.15) is 26.3 Å². The molecule has 0 aliphatic carbocycles. The molecule has 0 saturated carbocycles. The molecule has 0 bridgehead atoms. The Balaban J connectivity index is 2.25. The van der Waals surface area contributed by atoms with E-state index in [-0.39, 0.29) is 12.4 Å². The number of carbonyl (C=O) groups excluding carboxylic acids is 2. The zero-order valence-electron chi connectivity index (χ0n) is 11.8. The first-order valence-corrected chi connectivity index (χ1v) is 6.38. The molecule has 5 heteroatoms. The predicted molar refractivity (Wildman–Crippen MR) is 76.5 cm³/mol. The summed E-state index contributed by atoms with van der Waals surface area (Å²) in [5.74, 6) is -0.297. The van der Waals surface area contributed by atoms with Crippen LogP contribution in [0.2, 0.25) is 0 Å².